The van der Waals surface area contributed by atoms with E-state index >= 15 is 0 Å². The van der Waals surface area contributed by atoms with E-state index in [1.807, 2.05) is 0 Å². The van der Waals surface area contributed by atoms with E-state index in [4.69, 9.17) is 16.3 Å². The van der Waals surface area contributed by atoms with Crippen LogP contribution in [0, 0.1) is 23.2 Å². The zero-order chi connectivity index (χ0) is 22.2. The van der Waals surface area contributed by atoms with Crippen molar-refractivity contribution in [3.8, 4) is 0 Å². The van der Waals surface area contributed by atoms with Crippen molar-refractivity contribution >= 4 is 34.6 Å². The number of carbonyl (C=O) groups excluding carboxylic acids is 1. The number of nitrogens with one attached hydrogen (secondary N) is 1. The summed E-state index contributed by atoms with van der Waals surface area (Å²) in [6.45, 7) is 1.96. The number of nitrogens with zero attached hydrogens (tertiary/aromatic N) is 4. The van der Waals surface area contributed by atoms with E-state index in [0.717, 1.165) is 0 Å². The summed E-state index contributed by atoms with van der Waals surface area (Å²) in [4.78, 5) is 26.0. The van der Waals surface area contributed by atoms with Crippen LogP contribution in [0.4, 0.5) is 5.82 Å². The summed E-state index contributed by atoms with van der Waals surface area (Å²) in [5, 5.41) is 25.3. The maximum Gasteiger partial charge on any atom is 0.315 e. The first kappa shape index (κ1) is 20.6. The number of aliphatic hydroxyl groups excluding tert-OH is 2. The van der Waals surface area contributed by atoms with Crippen LogP contribution in [0.25, 0.3) is 11.2 Å². The number of carbonyl (C=O) groups is 1. The highest BCUT2D eigenvalue weighted by molar-refractivity contribution is 6.28. The van der Waals surface area contributed by atoms with E-state index in [2.05, 4.69) is 20.3 Å². The zero-order valence-electron chi connectivity index (χ0n) is 17.9. The van der Waals surface area contributed by atoms with Crippen molar-refractivity contribution in [3.63, 3.8) is 0 Å². The number of hydrogen-bond acceptors (Lipinski definition) is 8. The van der Waals surface area contributed by atoms with Crippen molar-refractivity contribution in [3.05, 3.63) is 11.6 Å². The number of anilines is 1. The lowest BCUT2D eigenvalue weighted by Crippen LogP contribution is -2.38. The minimum atomic E-state index is -1.19. The van der Waals surface area contributed by atoms with Gasteiger partial charge in [-0.05, 0) is 62.5 Å². The molecule has 0 radical (unpaired) electrons. The summed E-state index contributed by atoms with van der Waals surface area (Å²) in [6.07, 6.45) is 5.94. The molecule has 9 nitrogen and oxygen atoms in total. The van der Waals surface area contributed by atoms with Crippen molar-refractivity contribution in [1.29, 1.82) is 0 Å². The highest BCUT2D eigenvalue weighted by atomic mass is 35.5. The molecule has 0 saturated heterocycles. The topological polar surface area (TPSA) is 122 Å². The molecule has 32 heavy (non-hydrogen) atoms. The van der Waals surface area contributed by atoms with Gasteiger partial charge in [-0.25, -0.2) is 4.98 Å². The number of hydrogen-bond donors (Lipinski definition) is 3. The predicted octanol–water partition coefficient (Wildman–Crippen LogP) is 2.32. The zero-order valence-corrected chi connectivity index (χ0v) is 18.7. The minimum absolute atomic E-state index is 0.102. The molecule has 2 heterocycles. The van der Waals surface area contributed by atoms with Crippen molar-refractivity contribution in [2.75, 3.05) is 11.9 Å². The van der Waals surface area contributed by atoms with Gasteiger partial charge >= 0.3 is 5.97 Å². The molecule has 3 N–H and O–H groups in total. The van der Waals surface area contributed by atoms with Gasteiger partial charge in [0.25, 0.3) is 0 Å². The normalized spacial score (nSPS) is 34.8. The van der Waals surface area contributed by atoms with Crippen LogP contribution >= 0.6 is 11.6 Å². The molecule has 4 aliphatic rings. The van der Waals surface area contributed by atoms with Gasteiger partial charge in [-0.1, -0.05) is 6.42 Å². The first-order valence-corrected chi connectivity index (χ1v) is 12.0. The summed E-state index contributed by atoms with van der Waals surface area (Å²) < 4.78 is 6.95. The Morgan fingerprint density at radius 1 is 1.31 bits per heavy atom. The van der Waals surface area contributed by atoms with E-state index in [9.17, 15) is 15.0 Å². The third-order valence-corrected chi connectivity index (χ3v) is 8.30. The maximum absolute atomic E-state index is 12.6. The van der Waals surface area contributed by atoms with Gasteiger partial charge in [0, 0.05) is 12.0 Å². The van der Waals surface area contributed by atoms with Crippen molar-refractivity contribution in [2.45, 2.75) is 69.7 Å². The van der Waals surface area contributed by atoms with Crippen LogP contribution in [0.1, 0.15) is 51.5 Å². The summed E-state index contributed by atoms with van der Waals surface area (Å²) in [5.41, 5.74) is 0.0319. The van der Waals surface area contributed by atoms with Gasteiger partial charge in [0.2, 0.25) is 5.28 Å². The SMILES string of the molecule is CCOC(=O)[C@@]12C[C@@H]1[C@@H](n1cnc3c(N[C@H](C4CCC4)C4CC4)nc(Cl)nc31)[C@H](O)[C@@H]2O. The number of ether oxygens (including phenoxy) is 1. The first-order chi connectivity index (χ1) is 15.5. The van der Waals surface area contributed by atoms with Gasteiger partial charge in [0.05, 0.1) is 25.1 Å². The molecule has 4 fully saturated rings. The molecule has 0 aliphatic heterocycles. The van der Waals surface area contributed by atoms with E-state index in [1.54, 1.807) is 17.8 Å². The van der Waals surface area contributed by atoms with E-state index < -0.39 is 29.6 Å². The number of fused-ring (bicyclic) bond motifs is 2. The molecule has 2 aromatic rings. The molecule has 4 aliphatic carbocycles. The lowest BCUT2D eigenvalue weighted by atomic mass is 9.78. The number of esters is 1. The predicted molar refractivity (Wildman–Crippen MR) is 116 cm³/mol. The van der Waals surface area contributed by atoms with Crippen LogP contribution in [0.3, 0.4) is 0 Å². The van der Waals surface area contributed by atoms with Crippen LogP contribution in [0.15, 0.2) is 6.33 Å². The lowest BCUT2D eigenvalue weighted by molar-refractivity contribution is -0.156. The summed E-state index contributed by atoms with van der Waals surface area (Å²) in [6, 6.07) is -0.175. The number of halogens is 1. The van der Waals surface area contributed by atoms with Crippen LogP contribution in [-0.4, -0.2) is 60.6 Å². The van der Waals surface area contributed by atoms with Gasteiger partial charge < -0.3 is 24.8 Å². The molecule has 4 saturated carbocycles. The monoisotopic (exact) mass is 461 g/mol. The molecule has 6 atom stereocenters. The van der Waals surface area contributed by atoms with E-state index in [1.165, 1.54) is 32.1 Å². The minimum Gasteiger partial charge on any atom is -0.465 e. The summed E-state index contributed by atoms with van der Waals surface area (Å²) >= 11 is 6.31. The maximum atomic E-state index is 12.6. The van der Waals surface area contributed by atoms with Gasteiger partial charge in [-0.15, -0.1) is 0 Å². The van der Waals surface area contributed by atoms with Gasteiger partial charge in [0.15, 0.2) is 17.0 Å². The van der Waals surface area contributed by atoms with E-state index in [0.29, 0.717) is 41.3 Å². The third kappa shape index (κ3) is 2.90. The average Bonchev–Trinajstić information content (AvgIpc) is 3.62. The van der Waals surface area contributed by atoms with Gasteiger partial charge in [-0.2, -0.15) is 9.97 Å². The van der Waals surface area contributed by atoms with Crippen LogP contribution in [0.5, 0.6) is 0 Å². The second kappa shape index (κ2) is 7.27. The fraction of sp³-hybridized carbons (Fsp3) is 0.727. The Morgan fingerprint density at radius 2 is 2.06 bits per heavy atom. The Bertz CT molecular complexity index is 1070. The Morgan fingerprint density at radius 3 is 2.72 bits per heavy atom. The van der Waals surface area contributed by atoms with Crippen LogP contribution in [0.2, 0.25) is 5.28 Å². The number of aromatic nitrogens is 4. The fourth-order valence-electron chi connectivity index (χ4n) is 6.02. The molecule has 0 amide bonds. The largest absolute Gasteiger partial charge is 0.465 e. The van der Waals surface area contributed by atoms with Crippen molar-refractivity contribution < 1.29 is 19.7 Å². The Balaban J connectivity index is 1.35. The van der Waals surface area contributed by atoms with Gasteiger partial charge in [-0.3, -0.25) is 4.79 Å². The molecular weight excluding hydrogens is 434 g/mol. The number of imidazole rings is 1. The Kier molecular flexibility index (Phi) is 4.68. The summed E-state index contributed by atoms with van der Waals surface area (Å²) in [7, 11) is 0. The molecule has 6 rings (SSSR count). The van der Waals surface area contributed by atoms with Crippen molar-refractivity contribution in [1.82, 2.24) is 19.5 Å². The van der Waals surface area contributed by atoms with Crippen LogP contribution in [-0.2, 0) is 9.53 Å². The lowest BCUT2D eigenvalue weighted by Gasteiger charge is -2.35. The molecule has 2 aromatic heterocycles. The molecule has 0 aromatic carbocycles. The molecular formula is C22H28ClN5O4. The molecule has 0 unspecified atom stereocenters. The first-order valence-electron chi connectivity index (χ1n) is 11.7. The Labute approximate surface area is 190 Å². The highest BCUT2D eigenvalue weighted by Crippen LogP contribution is 2.68. The molecule has 10 heteroatoms. The molecule has 0 bridgehead atoms. The van der Waals surface area contributed by atoms with Crippen molar-refractivity contribution in [2.24, 2.45) is 23.2 Å². The average molecular weight is 462 g/mol. The van der Waals surface area contributed by atoms with Crippen LogP contribution < -0.4 is 5.32 Å². The highest BCUT2D eigenvalue weighted by Gasteiger charge is 2.76. The molecule has 172 valence electrons. The number of aliphatic hydroxyl groups is 2. The van der Waals surface area contributed by atoms with Gasteiger partial charge in [0.1, 0.15) is 11.5 Å². The quantitative estimate of drug-likeness (QED) is 0.424. The number of rotatable bonds is 7. The van der Waals surface area contributed by atoms with E-state index in [-0.39, 0.29) is 17.8 Å². The third-order valence-electron chi connectivity index (χ3n) is 8.13. The Hall–Kier alpha value is -1.97. The second-order valence-electron chi connectivity index (χ2n) is 9.86. The smallest absolute Gasteiger partial charge is 0.315 e. The standard InChI is InChI=1S/C22H28ClN5O4/c1-2-32-20(31)22-8-12(22)15(16(29)17(22)30)28-9-24-14-18(26-21(23)27-19(14)28)25-13(11-6-7-11)10-4-3-5-10/h9-13,15-17,29-30H,2-8H2,1H3,(H,25,26,27)/t12-,13-,15-,16+,17+,22+/m1/s1. The second-order valence-corrected chi connectivity index (χ2v) is 10.2. The fourth-order valence-corrected chi connectivity index (χ4v) is 6.19. The summed E-state index contributed by atoms with van der Waals surface area (Å²) in [5.74, 6) is 1.23. The molecule has 0 spiro atoms.